The van der Waals surface area contributed by atoms with Crippen molar-refractivity contribution < 1.29 is 36.9 Å². The van der Waals surface area contributed by atoms with Crippen molar-refractivity contribution >= 4 is 39.2 Å². The Hall–Kier alpha value is 0.122. The second-order valence-electron chi connectivity index (χ2n) is 1.01. The van der Waals surface area contributed by atoms with Gasteiger partial charge < -0.3 is 10.2 Å². The summed E-state index contributed by atoms with van der Waals surface area (Å²) in [6.07, 6.45) is 1.12. The summed E-state index contributed by atoms with van der Waals surface area (Å²) >= 11 is 0. The minimum atomic E-state index is -1.26. The van der Waals surface area contributed by atoms with E-state index in [4.69, 9.17) is 10.2 Å². The molecule has 0 aromatic heterocycles. The molecule has 58 valence electrons. The van der Waals surface area contributed by atoms with Crippen LogP contribution in [0.15, 0.2) is 12.2 Å². The molecule has 0 unspecified atom stereocenters. The van der Waals surface area contributed by atoms with Crippen LogP contribution in [0.3, 0.4) is 0 Å². The first kappa shape index (κ1) is 16.6. The maximum atomic E-state index is 9.55. The number of rotatable bonds is 2. The fourth-order valence-corrected chi connectivity index (χ4v) is 0.143. The number of carboxylic acid groups (broad SMARTS) is 2. The average molecular weight is 381 g/mol. The summed E-state index contributed by atoms with van der Waals surface area (Å²) in [5.41, 5.74) is 0. The number of carbonyl (C=O) groups is 2. The van der Waals surface area contributed by atoms with Crippen LogP contribution in [-0.4, -0.2) is 49.5 Å². The van der Waals surface area contributed by atoms with Crippen LogP contribution in [0.5, 0.6) is 0 Å². The van der Waals surface area contributed by atoms with Gasteiger partial charge in [-0.1, -0.05) is 0 Å². The molecule has 0 bridgehead atoms. The number of aliphatic carboxylic acids is 2. The second-order valence-corrected chi connectivity index (χ2v) is 1.01. The molecule has 0 atom stereocenters. The summed E-state index contributed by atoms with van der Waals surface area (Å²) in [6.45, 7) is 0. The normalized spacial score (nSPS) is 7.60. The third kappa shape index (κ3) is 15.7. The van der Waals surface area contributed by atoms with E-state index in [1.54, 1.807) is 0 Å². The van der Waals surface area contributed by atoms with Crippen LogP contribution in [0.4, 0.5) is 0 Å². The maximum absolute atomic E-state index is 9.55. The zero-order valence-corrected chi connectivity index (χ0v) is 11.5. The third-order valence-electron chi connectivity index (χ3n) is 0.368. The van der Waals surface area contributed by atoms with Gasteiger partial charge >= 0.3 is 39.2 Å². The Balaban J connectivity index is -0.000000245. The molecule has 0 heterocycles. The number of hydrogen-bond donors (Lipinski definition) is 2. The topological polar surface area (TPSA) is 74.6 Å². The molecule has 10 heavy (non-hydrogen) atoms. The van der Waals surface area contributed by atoms with E-state index in [-0.39, 0.29) is 44.4 Å². The summed E-state index contributed by atoms with van der Waals surface area (Å²) in [7, 11) is 0. The summed E-state index contributed by atoms with van der Waals surface area (Å²) in [5.74, 6) is -2.51. The molecule has 6 heteroatoms. The van der Waals surface area contributed by atoms with Crippen LogP contribution in [-0.2, 0) is 26.7 Å². The molecule has 0 aromatic rings. The Kier molecular flexibility index (Phi) is 15.1. The molecule has 0 aliphatic heterocycles. The van der Waals surface area contributed by atoms with Gasteiger partial charge in [-0.2, -0.15) is 0 Å². The molecule has 4 nitrogen and oxygen atoms in total. The first-order chi connectivity index (χ1) is 3.63. The fraction of sp³-hybridized carbons (Fsp3) is 0. The molecule has 2 radical (unpaired) electrons. The minimum absolute atomic E-state index is 0. The van der Waals surface area contributed by atoms with E-state index in [9.17, 15) is 9.59 Å². The van der Waals surface area contributed by atoms with E-state index in [1.807, 2.05) is 0 Å². The average Bonchev–Trinajstić information content (AvgIpc) is 1.61. The Labute approximate surface area is 87.9 Å². The SMILES string of the molecule is O=C(O)/C=C/C(=O)O.[Fe].[PbH2]. The molecule has 0 fully saturated rings. The first-order valence-electron chi connectivity index (χ1n) is 1.77. The van der Waals surface area contributed by atoms with Crippen molar-refractivity contribution in [1.29, 1.82) is 0 Å². The van der Waals surface area contributed by atoms with Crippen LogP contribution in [0.2, 0.25) is 0 Å². The molecule has 0 saturated heterocycles. The van der Waals surface area contributed by atoms with E-state index in [2.05, 4.69) is 0 Å². The van der Waals surface area contributed by atoms with Gasteiger partial charge in [0.05, 0.1) is 0 Å². The van der Waals surface area contributed by atoms with Gasteiger partial charge in [0, 0.05) is 29.2 Å². The molecule has 0 aromatic carbocycles. The van der Waals surface area contributed by atoms with E-state index < -0.39 is 11.9 Å². The van der Waals surface area contributed by atoms with E-state index in [1.165, 1.54) is 0 Å². The van der Waals surface area contributed by atoms with E-state index in [0.717, 1.165) is 0 Å². The van der Waals surface area contributed by atoms with Crippen molar-refractivity contribution in [3.05, 3.63) is 12.2 Å². The van der Waals surface area contributed by atoms with Crippen LogP contribution < -0.4 is 0 Å². The monoisotopic (exact) mass is 382 g/mol. The van der Waals surface area contributed by atoms with Crippen LogP contribution >= 0.6 is 0 Å². The Bertz CT molecular complexity index is 128. The van der Waals surface area contributed by atoms with Crippen LogP contribution in [0.1, 0.15) is 0 Å². The van der Waals surface area contributed by atoms with Gasteiger partial charge in [-0.25, -0.2) is 9.59 Å². The van der Waals surface area contributed by atoms with Gasteiger partial charge in [0.25, 0.3) is 0 Å². The Morgan fingerprint density at radius 2 is 1.20 bits per heavy atom. The zero-order chi connectivity index (χ0) is 6.57. The van der Waals surface area contributed by atoms with Crippen molar-refractivity contribution in [2.45, 2.75) is 0 Å². The van der Waals surface area contributed by atoms with Crippen molar-refractivity contribution in [2.24, 2.45) is 0 Å². The molecular weight excluding hydrogens is 375 g/mol. The number of carboxylic acids is 2. The van der Waals surface area contributed by atoms with Crippen molar-refractivity contribution in [2.75, 3.05) is 0 Å². The quantitative estimate of drug-likeness (QED) is 0.465. The molecule has 0 saturated carbocycles. The Morgan fingerprint density at radius 1 is 1.00 bits per heavy atom. The van der Waals surface area contributed by atoms with Gasteiger partial charge in [-0.15, -0.1) is 0 Å². The predicted octanol–water partition coefficient (Wildman–Crippen LogP) is -1.21. The van der Waals surface area contributed by atoms with Crippen molar-refractivity contribution in [3.8, 4) is 0 Å². The van der Waals surface area contributed by atoms with Crippen molar-refractivity contribution in [1.82, 2.24) is 0 Å². The molecule has 0 spiro atoms. The summed E-state index contributed by atoms with van der Waals surface area (Å²) in [4.78, 5) is 19.1. The molecule has 0 aliphatic rings. The zero-order valence-electron chi connectivity index (χ0n) is 4.93. The molecule has 0 rings (SSSR count). The molecule has 0 amide bonds. The summed E-state index contributed by atoms with van der Waals surface area (Å²) < 4.78 is 0. The third-order valence-corrected chi connectivity index (χ3v) is 0.368. The van der Waals surface area contributed by atoms with Gasteiger partial charge in [0.2, 0.25) is 0 Å². The van der Waals surface area contributed by atoms with E-state index >= 15 is 0 Å². The van der Waals surface area contributed by atoms with Gasteiger partial charge in [0.15, 0.2) is 0 Å². The van der Waals surface area contributed by atoms with E-state index in [0.29, 0.717) is 12.2 Å². The standard InChI is InChI=1S/C4H4O4.Fe.Pb.2H/c5-3(6)1-2-4(7)8;;;;/h1-2H,(H,5,6)(H,7,8);;;;/b2-1+;;;;. The van der Waals surface area contributed by atoms with Gasteiger partial charge in [-0.05, 0) is 0 Å². The second kappa shape index (κ2) is 9.12. The summed E-state index contributed by atoms with van der Waals surface area (Å²) in [6, 6.07) is 0. The number of hydrogen-bond acceptors (Lipinski definition) is 2. The predicted molar refractivity (Wildman–Crippen MR) is 33.0 cm³/mol. The van der Waals surface area contributed by atoms with Crippen LogP contribution in [0, 0.1) is 0 Å². The summed E-state index contributed by atoms with van der Waals surface area (Å²) in [5, 5.41) is 15.6. The molecule has 2 N–H and O–H groups in total. The first-order valence-corrected chi connectivity index (χ1v) is 1.77. The molecule has 0 aliphatic carbocycles. The fourth-order valence-electron chi connectivity index (χ4n) is 0.143. The molecular formula is C4H6FeO4Pb. The van der Waals surface area contributed by atoms with Gasteiger partial charge in [-0.3, -0.25) is 0 Å². The Morgan fingerprint density at radius 3 is 1.30 bits per heavy atom. The van der Waals surface area contributed by atoms with Crippen LogP contribution in [0.25, 0.3) is 0 Å². The van der Waals surface area contributed by atoms with Crippen molar-refractivity contribution in [3.63, 3.8) is 0 Å². The van der Waals surface area contributed by atoms with Gasteiger partial charge in [0.1, 0.15) is 0 Å².